The van der Waals surface area contributed by atoms with E-state index in [0.29, 0.717) is 30.0 Å². The van der Waals surface area contributed by atoms with Crippen LogP contribution in [-0.2, 0) is 17.8 Å². The number of hydrogen-bond donors (Lipinski definition) is 1. The van der Waals surface area contributed by atoms with Crippen LogP contribution in [0, 0.1) is 12.7 Å². The Bertz CT molecular complexity index is 731. The van der Waals surface area contributed by atoms with Gasteiger partial charge in [-0.1, -0.05) is 12.1 Å². The number of aryl methyl sites for hydroxylation is 1. The first kappa shape index (κ1) is 13.6. The van der Waals surface area contributed by atoms with E-state index in [9.17, 15) is 9.18 Å². The molecule has 21 heavy (non-hydrogen) atoms. The second-order valence-electron chi connectivity index (χ2n) is 4.88. The minimum Gasteiger partial charge on any atom is -0.464 e. The summed E-state index contributed by atoms with van der Waals surface area (Å²) in [6, 6.07) is 4.78. The predicted octanol–water partition coefficient (Wildman–Crippen LogP) is 1.98. The minimum absolute atomic E-state index is 0.239. The van der Waals surface area contributed by atoms with Crippen molar-refractivity contribution in [3.8, 4) is 11.4 Å². The van der Waals surface area contributed by atoms with Crippen molar-refractivity contribution in [2.75, 3.05) is 7.11 Å². The summed E-state index contributed by atoms with van der Waals surface area (Å²) in [7, 11) is 1.31. The van der Waals surface area contributed by atoms with Crippen molar-refractivity contribution in [2.24, 2.45) is 0 Å². The van der Waals surface area contributed by atoms with Crippen LogP contribution >= 0.6 is 0 Å². The Hall–Kier alpha value is -2.34. The van der Waals surface area contributed by atoms with E-state index in [1.165, 1.54) is 13.2 Å². The summed E-state index contributed by atoms with van der Waals surface area (Å²) in [6.07, 6.45) is 0. The highest BCUT2D eigenvalue weighted by atomic mass is 19.1. The van der Waals surface area contributed by atoms with Crippen LogP contribution in [0.25, 0.3) is 11.4 Å². The minimum atomic E-state index is -0.508. The highest BCUT2D eigenvalue weighted by Gasteiger charge is 2.24. The maximum Gasteiger partial charge on any atom is 0.357 e. The molecule has 108 valence electrons. The predicted molar refractivity (Wildman–Crippen MR) is 74.0 cm³/mol. The van der Waals surface area contributed by atoms with Gasteiger partial charge in [0.05, 0.1) is 12.8 Å². The van der Waals surface area contributed by atoms with Crippen LogP contribution in [0.1, 0.15) is 27.3 Å². The van der Waals surface area contributed by atoms with Gasteiger partial charge in [0.1, 0.15) is 5.82 Å². The molecule has 0 radical (unpaired) electrons. The van der Waals surface area contributed by atoms with Crippen LogP contribution in [0.4, 0.5) is 4.39 Å². The lowest BCUT2D eigenvalue weighted by atomic mass is 10.1. The first-order valence-electron chi connectivity index (χ1n) is 6.55. The second-order valence-corrected chi connectivity index (χ2v) is 4.88. The monoisotopic (exact) mass is 287 g/mol. The molecule has 0 fully saturated rings. The standard InChI is InChI=1S/C15H14FN3O2/c1-8-3-4-9(5-11(8)16)14-18-12-7-17-6-10(12)13(19-14)15(20)21-2/h3-5,17H,6-7H2,1-2H3. The maximum absolute atomic E-state index is 13.7. The average Bonchev–Trinajstić information content (AvgIpc) is 2.96. The van der Waals surface area contributed by atoms with Gasteiger partial charge in [-0.2, -0.15) is 0 Å². The molecule has 5 nitrogen and oxygen atoms in total. The quantitative estimate of drug-likeness (QED) is 0.856. The van der Waals surface area contributed by atoms with Crippen LogP contribution in [0.5, 0.6) is 0 Å². The third kappa shape index (κ3) is 2.38. The fraction of sp³-hybridized carbons (Fsp3) is 0.267. The summed E-state index contributed by atoms with van der Waals surface area (Å²) < 4.78 is 18.5. The molecule has 1 aliphatic heterocycles. The number of nitrogens with one attached hydrogen (secondary N) is 1. The number of halogens is 1. The van der Waals surface area contributed by atoms with Crippen LogP contribution in [0.3, 0.4) is 0 Å². The SMILES string of the molecule is COC(=O)c1nc(-c2ccc(C)c(F)c2)nc2c1CNC2. The number of carbonyl (C=O) groups is 1. The maximum atomic E-state index is 13.7. The lowest BCUT2D eigenvalue weighted by Crippen LogP contribution is -2.11. The molecule has 2 heterocycles. The van der Waals surface area contributed by atoms with Gasteiger partial charge in [0, 0.05) is 24.2 Å². The molecule has 3 rings (SSSR count). The Labute approximate surface area is 121 Å². The molecular weight excluding hydrogens is 273 g/mol. The zero-order chi connectivity index (χ0) is 15.0. The number of carbonyl (C=O) groups excluding carboxylic acids is 1. The Kier molecular flexibility index (Phi) is 3.39. The number of hydrogen-bond acceptors (Lipinski definition) is 5. The topological polar surface area (TPSA) is 64.1 Å². The zero-order valence-electron chi connectivity index (χ0n) is 11.7. The summed E-state index contributed by atoms with van der Waals surface area (Å²) in [4.78, 5) is 20.6. The molecule has 0 saturated carbocycles. The number of methoxy groups -OCH3 is 1. The fourth-order valence-electron chi connectivity index (χ4n) is 2.29. The number of esters is 1. The van der Waals surface area contributed by atoms with Crippen molar-refractivity contribution in [1.29, 1.82) is 0 Å². The highest BCUT2D eigenvalue weighted by Crippen LogP contribution is 2.24. The molecule has 6 heteroatoms. The third-order valence-electron chi connectivity index (χ3n) is 3.50. The number of fused-ring (bicyclic) bond motifs is 1. The zero-order valence-corrected chi connectivity index (χ0v) is 11.7. The van der Waals surface area contributed by atoms with E-state index >= 15 is 0 Å². The molecule has 0 atom stereocenters. The summed E-state index contributed by atoms with van der Waals surface area (Å²) in [5.74, 6) is -0.503. The first-order chi connectivity index (χ1) is 10.1. The van der Waals surface area contributed by atoms with Crippen LogP contribution < -0.4 is 5.32 Å². The third-order valence-corrected chi connectivity index (χ3v) is 3.50. The van der Waals surface area contributed by atoms with Gasteiger partial charge in [0.2, 0.25) is 0 Å². The van der Waals surface area contributed by atoms with E-state index in [4.69, 9.17) is 4.74 Å². The number of ether oxygens (including phenoxy) is 1. The van der Waals surface area contributed by atoms with Gasteiger partial charge in [-0.25, -0.2) is 19.2 Å². The van der Waals surface area contributed by atoms with Crippen molar-refractivity contribution in [2.45, 2.75) is 20.0 Å². The van der Waals surface area contributed by atoms with Gasteiger partial charge >= 0.3 is 5.97 Å². The van der Waals surface area contributed by atoms with Crippen molar-refractivity contribution >= 4 is 5.97 Å². The number of rotatable bonds is 2. The molecule has 2 aromatic rings. The molecule has 0 unspecified atom stereocenters. The average molecular weight is 287 g/mol. The molecular formula is C15H14FN3O2. The number of benzene rings is 1. The Balaban J connectivity index is 2.15. The van der Waals surface area contributed by atoms with E-state index < -0.39 is 5.97 Å². The summed E-state index contributed by atoms with van der Waals surface area (Å²) in [5, 5.41) is 3.12. The van der Waals surface area contributed by atoms with Crippen molar-refractivity contribution in [1.82, 2.24) is 15.3 Å². The molecule has 0 bridgehead atoms. The molecule has 0 amide bonds. The Morgan fingerprint density at radius 1 is 1.33 bits per heavy atom. The first-order valence-corrected chi connectivity index (χ1v) is 6.55. The molecule has 0 aliphatic carbocycles. The number of aromatic nitrogens is 2. The molecule has 1 aromatic heterocycles. The fourth-order valence-corrected chi connectivity index (χ4v) is 2.29. The van der Waals surface area contributed by atoms with E-state index in [2.05, 4.69) is 15.3 Å². The van der Waals surface area contributed by atoms with Gasteiger partial charge in [0.15, 0.2) is 11.5 Å². The Morgan fingerprint density at radius 3 is 2.86 bits per heavy atom. The summed E-state index contributed by atoms with van der Waals surface area (Å²) in [6.45, 7) is 2.78. The molecule has 0 spiro atoms. The van der Waals surface area contributed by atoms with Crippen LogP contribution in [0.2, 0.25) is 0 Å². The normalized spacial score (nSPS) is 13.1. The van der Waals surface area contributed by atoms with E-state index in [0.717, 1.165) is 11.3 Å². The van der Waals surface area contributed by atoms with Crippen LogP contribution in [0.15, 0.2) is 18.2 Å². The summed E-state index contributed by atoms with van der Waals surface area (Å²) in [5.41, 5.74) is 2.83. The lowest BCUT2D eigenvalue weighted by Gasteiger charge is -2.08. The van der Waals surface area contributed by atoms with E-state index in [1.807, 2.05) is 0 Å². The van der Waals surface area contributed by atoms with Crippen molar-refractivity contribution in [3.63, 3.8) is 0 Å². The summed E-state index contributed by atoms with van der Waals surface area (Å²) >= 11 is 0. The van der Waals surface area contributed by atoms with E-state index in [1.54, 1.807) is 19.1 Å². The van der Waals surface area contributed by atoms with Crippen LogP contribution in [-0.4, -0.2) is 23.0 Å². The smallest absolute Gasteiger partial charge is 0.357 e. The van der Waals surface area contributed by atoms with Gasteiger partial charge < -0.3 is 10.1 Å². The molecule has 1 aliphatic rings. The van der Waals surface area contributed by atoms with Gasteiger partial charge in [-0.15, -0.1) is 0 Å². The molecule has 1 aromatic carbocycles. The van der Waals surface area contributed by atoms with Gasteiger partial charge in [-0.05, 0) is 18.6 Å². The largest absolute Gasteiger partial charge is 0.464 e. The lowest BCUT2D eigenvalue weighted by molar-refractivity contribution is 0.0592. The molecule has 0 saturated heterocycles. The Morgan fingerprint density at radius 2 is 2.14 bits per heavy atom. The second kappa shape index (κ2) is 5.21. The van der Waals surface area contributed by atoms with Gasteiger partial charge in [0.25, 0.3) is 0 Å². The number of nitrogens with zero attached hydrogens (tertiary/aromatic N) is 2. The van der Waals surface area contributed by atoms with Crippen molar-refractivity contribution in [3.05, 3.63) is 46.5 Å². The van der Waals surface area contributed by atoms with Crippen molar-refractivity contribution < 1.29 is 13.9 Å². The molecule has 1 N–H and O–H groups in total. The highest BCUT2D eigenvalue weighted by molar-refractivity contribution is 5.89. The van der Waals surface area contributed by atoms with Gasteiger partial charge in [-0.3, -0.25) is 0 Å². The van der Waals surface area contributed by atoms with E-state index in [-0.39, 0.29) is 11.5 Å².